The van der Waals surface area contributed by atoms with E-state index in [1.54, 1.807) is 6.07 Å². The summed E-state index contributed by atoms with van der Waals surface area (Å²) in [7, 11) is -1.10. The number of hydrogen-bond donors (Lipinski definition) is 0. The van der Waals surface area contributed by atoms with E-state index < -0.39 is 10.8 Å². The summed E-state index contributed by atoms with van der Waals surface area (Å²) in [6.45, 7) is 4.16. The Labute approximate surface area is 115 Å². The smallest absolute Gasteiger partial charge is 0.210 e. The molecule has 1 atom stereocenters. The Bertz CT molecular complexity index is 565. The lowest BCUT2D eigenvalue weighted by Crippen LogP contribution is -2.13. The van der Waals surface area contributed by atoms with E-state index in [0.717, 1.165) is 11.8 Å². The molecule has 1 unspecified atom stereocenters. The molecule has 0 N–H and O–H groups in total. The lowest BCUT2D eigenvalue weighted by molar-refractivity contribution is 0.0993. The van der Waals surface area contributed by atoms with Crippen LogP contribution in [0.15, 0.2) is 34.7 Å². The van der Waals surface area contributed by atoms with Crippen LogP contribution in [-0.4, -0.2) is 21.5 Å². The van der Waals surface area contributed by atoms with E-state index in [1.165, 1.54) is 0 Å². The van der Waals surface area contributed by atoms with Crippen LogP contribution in [-0.2, 0) is 10.8 Å². The molecule has 0 aliphatic carbocycles. The summed E-state index contributed by atoms with van der Waals surface area (Å²) in [6, 6.07) is 9.19. The van der Waals surface area contributed by atoms with E-state index in [0.29, 0.717) is 23.0 Å². The molecule has 1 aromatic carbocycles. The van der Waals surface area contributed by atoms with Crippen molar-refractivity contribution in [3.63, 3.8) is 0 Å². The largest absolute Gasteiger partial charge is 0.453 e. The molecule has 1 heterocycles. The lowest BCUT2D eigenvalue weighted by atomic mass is 10.2. The second-order valence-corrected chi connectivity index (χ2v) is 6.62. The fourth-order valence-corrected chi connectivity index (χ4v) is 3.09. The maximum Gasteiger partial charge on any atom is 0.210 e. The monoisotopic (exact) mass is 278 g/mol. The van der Waals surface area contributed by atoms with E-state index in [4.69, 9.17) is 4.42 Å². The minimum absolute atomic E-state index is 0.0482. The summed E-state index contributed by atoms with van der Waals surface area (Å²) in [5, 5.41) is 0.902. The third kappa shape index (κ3) is 3.77. The van der Waals surface area contributed by atoms with Crippen LogP contribution in [0.2, 0.25) is 0 Å². The highest BCUT2D eigenvalue weighted by molar-refractivity contribution is 7.85. The zero-order valence-corrected chi connectivity index (χ0v) is 12.0. The molecule has 0 bridgehead atoms. The zero-order valence-electron chi connectivity index (χ0n) is 11.2. The Kier molecular flexibility index (Phi) is 4.53. The molecular weight excluding hydrogens is 260 g/mol. The predicted molar refractivity (Wildman–Crippen MR) is 77.9 cm³/mol. The molecule has 0 saturated heterocycles. The number of Topliss-reactive ketones (excluding diaryl/α,β-unsaturated/α-hetero) is 1. The number of furan rings is 1. The van der Waals surface area contributed by atoms with Gasteiger partial charge in [-0.15, -0.1) is 0 Å². The summed E-state index contributed by atoms with van der Waals surface area (Å²) < 4.78 is 17.3. The molecule has 0 radical (unpaired) electrons. The number of hydrogen-bond acceptors (Lipinski definition) is 3. The van der Waals surface area contributed by atoms with Crippen molar-refractivity contribution in [2.75, 3.05) is 11.5 Å². The lowest BCUT2D eigenvalue weighted by Gasteiger charge is -2.03. The molecule has 2 aromatic rings. The number of para-hydroxylation sites is 1. The predicted octanol–water partition coefficient (Wildman–Crippen LogP) is 3.41. The van der Waals surface area contributed by atoms with Gasteiger partial charge in [-0.2, -0.15) is 0 Å². The molecule has 0 amide bonds. The van der Waals surface area contributed by atoms with E-state index in [1.807, 2.05) is 24.3 Å². The fraction of sp³-hybridized carbons (Fsp3) is 0.400. The molecule has 2 rings (SSSR count). The van der Waals surface area contributed by atoms with Crippen LogP contribution in [0.4, 0.5) is 0 Å². The topological polar surface area (TPSA) is 47.3 Å². The normalized spacial score (nSPS) is 13.0. The first kappa shape index (κ1) is 14.0. The van der Waals surface area contributed by atoms with Crippen LogP contribution in [0.3, 0.4) is 0 Å². The van der Waals surface area contributed by atoms with Crippen molar-refractivity contribution in [1.82, 2.24) is 0 Å². The van der Waals surface area contributed by atoms with Crippen molar-refractivity contribution in [3.05, 3.63) is 36.1 Å². The Hall–Kier alpha value is -1.42. The highest BCUT2D eigenvalue weighted by Crippen LogP contribution is 2.19. The zero-order chi connectivity index (χ0) is 13.8. The average Bonchev–Trinajstić information content (AvgIpc) is 2.80. The molecule has 102 valence electrons. The van der Waals surface area contributed by atoms with E-state index in [-0.39, 0.29) is 11.5 Å². The molecule has 0 aliphatic rings. The van der Waals surface area contributed by atoms with Gasteiger partial charge >= 0.3 is 0 Å². The number of carbonyl (C=O) groups is 1. The molecular formula is C15H18O3S. The van der Waals surface area contributed by atoms with Crippen molar-refractivity contribution in [3.8, 4) is 0 Å². The summed E-state index contributed by atoms with van der Waals surface area (Å²) in [6.07, 6.45) is 0.875. The minimum Gasteiger partial charge on any atom is -0.453 e. The summed E-state index contributed by atoms with van der Waals surface area (Å²) in [4.78, 5) is 12.0. The van der Waals surface area contributed by atoms with Gasteiger partial charge in [0.05, 0.1) is 5.75 Å². The summed E-state index contributed by atoms with van der Waals surface area (Å²) in [5.41, 5.74) is 0.693. The van der Waals surface area contributed by atoms with Crippen LogP contribution < -0.4 is 0 Å². The molecule has 19 heavy (non-hydrogen) atoms. The van der Waals surface area contributed by atoms with Crippen LogP contribution in [0, 0.1) is 5.92 Å². The number of carbonyl (C=O) groups excluding carboxylic acids is 1. The van der Waals surface area contributed by atoms with Gasteiger partial charge in [0.25, 0.3) is 0 Å². The second-order valence-electron chi connectivity index (χ2n) is 5.04. The highest BCUT2D eigenvalue weighted by Gasteiger charge is 2.15. The van der Waals surface area contributed by atoms with Gasteiger partial charge < -0.3 is 4.42 Å². The Balaban J connectivity index is 2.01. The molecule has 3 nitrogen and oxygen atoms in total. The molecule has 4 heteroatoms. The Morgan fingerprint density at radius 3 is 2.74 bits per heavy atom. The molecule has 0 spiro atoms. The Morgan fingerprint density at radius 2 is 2.05 bits per heavy atom. The van der Waals surface area contributed by atoms with Crippen LogP contribution in [0.5, 0.6) is 0 Å². The maximum absolute atomic E-state index is 12.0. The molecule has 0 fully saturated rings. The SMILES string of the molecule is CC(C)CCS(=O)CC(=O)c1cc2ccccc2o1. The molecule has 0 aliphatic heterocycles. The molecule has 1 aromatic heterocycles. The van der Waals surface area contributed by atoms with Gasteiger partial charge in [0.1, 0.15) is 5.58 Å². The first-order valence-corrected chi connectivity index (χ1v) is 7.92. The third-order valence-electron chi connectivity index (χ3n) is 2.92. The van der Waals surface area contributed by atoms with Crippen LogP contribution in [0.1, 0.15) is 30.8 Å². The minimum atomic E-state index is -1.10. The number of fused-ring (bicyclic) bond motifs is 1. The van der Waals surface area contributed by atoms with Gasteiger partial charge in [-0.3, -0.25) is 9.00 Å². The van der Waals surface area contributed by atoms with Gasteiger partial charge in [-0.05, 0) is 24.5 Å². The van der Waals surface area contributed by atoms with Crippen molar-refractivity contribution in [1.29, 1.82) is 0 Å². The number of benzene rings is 1. The van der Waals surface area contributed by atoms with Gasteiger partial charge in [0, 0.05) is 21.9 Å². The van der Waals surface area contributed by atoms with Gasteiger partial charge in [-0.25, -0.2) is 0 Å². The third-order valence-corrected chi connectivity index (χ3v) is 4.19. The van der Waals surface area contributed by atoms with Gasteiger partial charge in [-0.1, -0.05) is 32.0 Å². The first-order chi connectivity index (χ1) is 9.06. The van der Waals surface area contributed by atoms with Gasteiger partial charge in [0.2, 0.25) is 5.78 Å². The van der Waals surface area contributed by atoms with Crippen molar-refractivity contribution < 1.29 is 13.4 Å². The molecule has 0 saturated carbocycles. The van der Waals surface area contributed by atoms with E-state index >= 15 is 0 Å². The Morgan fingerprint density at radius 1 is 1.32 bits per heavy atom. The average molecular weight is 278 g/mol. The number of rotatable bonds is 6. The van der Waals surface area contributed by atoms with E-state index in [2.05, 4.69) is 13.8 Å². The van der Waals surface area contributed by atoms with Crippen molar-refractivity contribution in [2.24, 2.45) is 5.92 Å². The van der Waals surface area contributed by atoms with E-state index in [9.17, 15) is 9.00 Å². The quantitative estimate of drug-likeness (QED) is 0.761. The van der Waals surface area contributed by atoms with Crippen LogP contribution in [0.25, 0.3) is 11.0 Å². The first-order valence-electron chi connectivity index (χ1n) is 6.43. The number of ketones is 1. The second kappa shape index (κ2) is 6.15. The van der Waals surface area contributed by atoms with Crippen molar-refractivity contribution in [2.45, 2.75) is 20.3 Å². The van der Waals surface area contributed by atoms with Gasteiger partial charge in [0.15, 0.2) is 5.76 Å². The summed E-state index contributed by atoms with van der Waals surface area (Å²) >= 11 is 0. The maximum atomic E-state index is 12.0. The van der Waals surface area contributed by atoms with Crippen molar-refractivity contribution >= 4 is 27.6 Å². The standard InChI is InChI=1S/C15H18O3S/c1-11(2)7-8-19(17)10-13(16)15-9-12-5-3-4-6-14(12)18-15/h3-6,9,11H,7-8,10H2,1-2H3. The summed E-state index contributed by atoms with van der Waals surface area (Å²) in [5.74, 6) is 1.25. The fourth-order valence-electron chi connectivity index (χ4n) is 1.78. The van der Waals surface area contributed by atoms with Crippen LogP contribution >= 0.6 is 0 Å². The highest BCUT2D eigenvalue weighted by atomic mass is 32.2.